The van der Waals surface area contributed by atoms with Gasteiger partial charge < -0.3 is 5.73 Å². The van der Waals surface area contributed by atoms with Crippen LogP contribution in [-0.4, -0.2) is 10.2 Å². The Balaban J connectivity index is 2.24. The first-order valence-corrected chi connectivity index (χ1v) is 6.79. The van der Waals surface area contributed by atoms with Crippen molar-refractivity contribution in [3.8, 4) is 21.7 Å². The van der Waals surface area contributed by atoms with Crippen molar-refractivity contribution in [2.75, 3.05) is 5.73 Å². The lowest BCUT2D eigenvalue weighted by molar-refractivity contribution is 0.579. The number of hydrogen-bond acceptors (Lipinski definition) is 3. The van der Waals surface area contributed by atoms with E-state index in [1.165, 1.54) is 17.4 Å². The van der Waals surface area contributed by atoms with Crippen molar-refractivity contribution < 1.29 is 8.78 Å². The zero-order chi connectivity index (χ0) is 14.3. The van der Waals surface area contributed by atoms with Gasteiger partial charge in [-0.15, -0.1) is 11.3 Å². The van der Waals surface area contributed by atoms with E-state index in [2.05, 4.69) is 10.2 Å². The smallest absolute Gasteiger partial charge is 0.154 e. The average molecular weight is 291 g/mol. The maximum atomic E-state index is 14.0. The van der Waals surface area contributed by atoms with Gasteiger partial charge in [-0.25, -0.2) is 8.78 Å². The Morgan fingerprint density at radius 2 is 2.05 bits per heavy atom. The number of nitrogens with one attached hydrogen (secondary N) is 1. The Kier molecular flexibility index (Phi) is 3.02. The highest BCUT2D eigenvalue weighted by molar-refractivity contribution is 7.13. The Morgan fingerprint density at radius 3 is 2.75 bits per heavy atom. The molecule has 0 saturated carbocycles. The zero-order valence-corrected chi connectivity index (χ0v) is 11.4. The monoisotopic (exact) mass is 291 g/mol. The van der Waals surface area contributed by atoms with Crippen LogP contribution < -0.4 is 5.73 Å². The van der Waals surface area contributed by atoms with E-state index in [0.29, 0.717) is 22.6 Å². The predicted molar refractivity (Wildman–Crippen MR) is 76.4 cm³/mol. The molecule has 2 aromatic heterocycles. The minimum Gasteiger partial charge on any atom is -0.382 e. The summed E-state index contributed by atoms with van der Waals surface area (Å²) in [7, 11) is 0. The molecule has 20 heavy (non-hydrogen) atoms. The first-order chi connectivity index (χ1) is 9.58. The Hall–Kier alpha value is -2.21. The first-order valence-electron chi connectivity index (χ1n) is 5.91. The molecule has 102 valence electrons. The molecule has 0 aliphatic carbocycles. The molecule has 0 saturated heterocycles. The summed E-state index contributed by atoms with van der Waals surface area (Å²) in [6, 6.07) is 6.08. The van der Waals surface area contributed by atoms with Gasteiger partial charge in [0.05, 0.1) is 11.3 Å². The number of nitrogens with zero attached hydrogens (tertiary/aromatic N) is 1. The lowest BCUT2D eigenvalue weighted by Gasteiger charge is -2.06. The van der Waals surface area contributed by atoms with E-state index < -0.39 is 11.6 Å². The molecule has 0 bridgehead atoms. The minimum atomic E-state index is -0.644. The van der Waals surface area contributed by atoms with E-state index in [1.54, 1.807) is 6.92 Å². The average Bonchev–Trinajstić information content (AvgIpc) is 3.03. The summed E-state index contributed by atoms with van der Waals surface area (Å²) >= 11 is 1.48. The van der Waals surface area contributed by atoms with E-state index in [0.717, 1.165) is 10.9 Å². The van der Waals surface area contributed by atoms with Crippen molar-refractivity contribution in [3.63, 3.8) is 0 Å². The van der Waals surface area contributed by atoms with E-state index in [1.807, 2.05) is 17.5 Å². The van der Waals surface area contributed by atoms with Crippen LogP contribution in [0.5, 0.6) is 0 Å². The van der Waals surface area contributed by atoms with Crippen LogP contribution in [0.2, 0.25) is 0 Å². The van der Waals surface area contributed by atoms with Gasteiger partial charge in [0.25, 0.3) is 0 Å². The van der Waals surface area contributed by atoms with Gasteiger partial charge in [0, 0.05) is 16.5 Å². The second kappa shape index (κ2) is 4.72. The molecule has 3 N–H and O–H groups in total. The number of nitrogen functional groups attached to an aromatic ring is 1. The lowest BCUT2D eigenvalue weighted by Crippen LogP contribution is -1.92. The van der Waals surface area contributed by atoms with Crippen LogP contribution in [0.15, 0.2) is 29.6 Å². The van der Waals surface area contributed by atoms with Crippen LogP contribution in [0, 0.1) is 18.6 Å². The Morgan fingerprint density at radius 1 is 1.25 bits per heavy atom. The number of aromatic nitrogens is 2. The number of aryl methyl sites for hydroxylation is 1. The quantitative estimate of drug-likeness (QED) is 0.750. The van der Waals surface area contributed by atoms with Gasteiger partial charge in [-0.3, -0.25) is 5.10 Å². The SMILES string of the molecule is Cc1cc(-c2[nH]nc(N)c2-c2cccs2)c(F)cc1F. The highest BCUT2D eigenvalue weighted by atomic mass is 32.1. The molecular formula is C14H11F2N3S. The molecule has 0 atom stereocenters. The third-order valence-electron chi connectivity index (χ3n) is 3.08. The fourth-order valence-electron chi connectivity index (χ4n) is 2.07. The van der Waals surface area contributed by atoms with E-state index in [9.17, 15) is 8.78 Å². The van der Waals surface area contributed by atoms with Crippen molar-refractivity contribution in [2.45, 2.75) is 6.92 Å². The number of aromatic amines is 1. The molecule has 0 aliphatic rings. The summed E-state index contributed by atoms with van der Waals surface area (Å²) in [5, 5.41) is 8.58. The number of rotatable bonds is 2. The number of nitrogens with two attached hydrogens (primary N) is 1. The second-order valence-electron chi connectivity index (χ2n) is 4.42. The van der Waals surface area contributed by atoms with Gasteiger partial charge >= 0.3 is 0 Å². The molecule has 0 spiro atoms. The van der Waals surface area contributed by atoms with Crippen molar-refractivity contribution in [3.05, 3.63) is 46.8 Å². The number of thiophene rings is 1. The summed E-state index contributed by atoms with van der Waals surface area (Å²) in [5.74, 6) is -0.921. The molecule has 0 fully saturated rings. The maximum absolute atomic E-state index is 14.0. The number of benzene rings is 1. The highest BCUT2D eigenvalue weighted by Crippen LogP contribution is 2.38. The van der Waals surface area contributed by atoms with Crippen molar-refractivity contribution in [1.29, 1.82) is 0 Å². The molecule has 0 amide bonds. The molecule has 2 heterocycles. The van der Waals surface area contributed by atoms with E-state index in [-0.39, 0.29) is 5.56 Å². The molecule has 3 nitrogen and oxygen atoms in total. The summed E-state index contributed by atoms with van der Waals surface area (Å²) in [4.78, 5) is 0.882. The molecule has 6 heteroatoms. The van der Waals surface area contributed by atoms with Crippen LogP contribution in [-0.2, 0) is 0 Å². The van der Waals surface area contributed by atoms with Crippen LogP contribution in [0.25, 0.3) is 21.7 Å². The highest BCUT2D eigenvalue weighted by Gasteiger charge is 2.19. The fraction of sp³-hybridized carbons (Fsp3) is 0.0714. The molecular weight excluding hydrogens is 280 g/mol. The second-order valence-corrected chi connectivity index (χ2v) is 5.37. The zero-order valence-electron chi connectivity index (χ0n) is 10.6. The Labute approximate surface area is 118 Å². The summed E-state index contributed by atoms with van der Waals surface area (Å²) < 4.78 is 27.4. The van der Waals surface area contributed by atoms with Gasteiger partial charge in [-0.2, -0.15) is 5.10 Å². The normalized spacial score (nSPS) is 10.9. The predicted octanol–water partition coefficient (Wildman–Crippen LogP) is 3.97. The maximum Gasteiger partial charge on any atom is 0.154 e. The van der Waals surface area contributed by atoms with Crippen molar-refractivity contribution >= 4 is 17.2 Å². The topological polar surface area (TPSA) is 54.7 Å². The largest absolute Gasteiger partial charge is 0.382 e. The summed E-state index contributed by atoms with van der Waals surface area (Å²) in [6.45, 7) is 1.59. The van der Waals surface area contributed by atoms with Crippen LogP contribution in [0.3, 0.4) is 0 Å². The fourth-order valence-corrected chi connectivity index (χ4v) is 2.86. The van der Waals surface area contributed by atoms with Crippen molar-refractivity contribution in [1.82, 2.24) is 10.2 Å². The lowest BCUT2D eigenvalue weighted by atomic mass is 10.0. The van der Waals surface area contributed by atoms with Gasteiger partial charge in [0.15, 0.2) is 5.82 Å². The Bertz CT molecular complexity index is 763. The number of halogens is 2. The molecule has 3 rings (SSSR count). The van der Waals surface area contributed by atoms with Crippen molar-refractivity contribution in [2.24, 2.45) is 0 Å². The van der Waals surface area contributed by atoms with Gasteiger partial charge in [-0.1, -0.05) is 6.07 Å². The summed E-state index contributed by atoms with van der Waals surface area (Å²) in [6.07, 6.45) is 0. The molecule has 0 aliphatic heterocycles. The van der Waals surface area contributed by atoms with E-state index in [4.69, 9.17) is 5.73 Å². The third kappa shape index (κ3) is 1.98. The number of H-pyrrole nitrogens is 1. The first kappa shape index (κ1) is 12.8. The molecule has 1 aromatic carbocycles. The summed E-state index contributed by atoms with van der Waals surface area (Å²) in [5.41, 5.74) is 7.59. The molecule has 0 unspecified atom stereocenters. The van der Waals surface area contributed by atoms with Crippen LogP contribution in [0.1, 0.15) is 5.56 Å². The number of anilines is 1. The van der Waals surface area contributed by atoms with Crippen LogP contribution >= 0.6 is 11.3 Å². The standard InChI is InChI=1S/C14H11F2N3S/c1-7-5-8(10(16)6-9(7)15)13-12(14(17)19-18-13)11-3-2-4-20-11/h2-6H,1H3,(H3,17,18,19). The third-order valence-corrected chi connectivity index (χ3v) is 3.97. The minimum absolute atomic E-state index is 0.261. The van der Waals surface area contributed by atoms with Gasteiger partial charge in [0.1, 0.15) is 11.6 Å². The molecule has 3 aromatic rings. The van der Waals surface area contributed by atoms with Crippen LogP contribution in [0.4, 0.5) is 14.6 Å². The van der Waals surface area contributed by atoms with Gasteiger partial charge in [0.2, 0.25) is 0 Å². The molecule has 0 radical (unpaired) electrons. The van der Waals surface area contributed by atoms with E-state index >= 15 is 0 Å². The number of hydrogen-bond donors (Lipinski definition) is 2. The van der Waals surface area contributed by atoms with Gasteiger partial charge in [-0.05, 0) is 30.0 Å².